The second-order valence-corrected chi connectivity index (χ2v) is 10.1. The van der Waals surface area contributed by atoms with Gasteiger partial charge in [-0.1, -0.05) is 48.3 Å². The van der Waals surface area contributed by atoms with E-state index in [0.29, 0.717) is 44.1 Å². The number of fused-ring (bicyclic) bond motifs is 1. The lowest BCUT2D eigenvalue weighted by atomic mass is 9.99. The number of methoxy groups -OCH3 is 1. The summed E-state index contributed by atoms with van der Waals surface area (Å²) in [6, 6.07) is 13.8. The zero-order valence-electron chi connectivity index (χ0n) is 21.6. The normalized spacial score (nSPS) is 22.3. The minimum absolute atomic E-state index is 0.0675. The molecule has 5 rings (SSSR count). The summed E-state index contributed by atoms with van der Waals surface area (Å²) in [5.74, 6) is -0.357. The smallest absolute Gasteiger partial charge is 0.254 e. The maximum Gasteiger partial charge on any atom is 0.254 e. The Balaban J connectivity index is 1.41. The molecule has 2 fully saturated rings. The summed E-state index contributed by atoms with van der Waals surface area (Å²) in [5, 5.41) is 7.24. The molecule has 3 unspecified atom stereocenters. The predicted molar refractivity (Wildman–Crippen MR) is 138 cm³/mol. The second-order valence-electron chi connectivity index (χ2n) is 10.1. The third kappa shape index (κ3) is 5.71. The van der Waals surface area contributed by atoms with Crippen molar-refractivity contribution in [2.24, 2.45) is 5.92 Å². The summed E-state index contributed by atoms with van der Waals surface area (Å²) in [5.41, 5.74) is 1.32. The maximum atomic E-state index is 14.5. The van der Waals surface area contributed by atoms with E-state index in [1.165, 1.54) is 19.2 Å². The van der Waals surface area contributed by atoms with Crippen molar-refractivity contribution in [1.29, 1.82) is 0 Å². The number of carbonyl (C=O) groups excluding carboxylic acids is 2. The minimum atomic E-state index is -0.591. The predicted octanol–water partition coefficient (Wildman–Crippen LogP) is 4.50. The van der Waals surface area contributed by atoms with Crippen molar-refractivity contribution in [2.45, 2.75) is 56.9 Å². The molecule has 200 valence electrons. The molecule has 1 saturated heterocycles. The molecule has 2 heterocycles. The standard InChI is InChI=1S/C29H33FN4O4/c1-37-25-12-11-20(17-23(25)30)29(36)34-14-8-3-2-7-13-31-27(35)22-16-21(18-24(22)34)28-32-26(33-38-28)15-19-9-5-4-6-10-19/h4-6,9-12,17,21-22,24H,2-3,7-8,13-16,18H2,1H3,(H,31,35). The average molecular weight is 521 g/mol. The van der Waals surface area contributed by atoms with E-state index in [1.54, 1.807) is 11.0 Å². The number of nitrogens with zero attached hydrogens (tertiary/aromatic N) is 3. The summed E-state index contributed by atoms with van der Waals surface area (Å²) >= 11 is 0. The van der Waals surface area contributed by atoms with Gasteiger partial charge in [-0.25, -0.2) is 4.39 Å². The Bertz CT molecular complexity index is 1260. The van der Waals surface area contributed by atoms with Gasteiger partial charge in [0.25, 0.3) is 5.91 Å². The van der Waals surface area contributed by atoms with Crippen molar-refractivity contribution < 1.29 is 23.2 Å². The largest absolute Gasteiger partial charge is 0.494 e. The number of ether oxygens (including phenoxy) is 1. The van der Waals surface area contributed by atoms with Gasteiger partial charge in [-0.3, -0.25) is 9.59 Å². The van der Waals surface area contributed by atoms with Crippen LogP contribution in [0.25, 0.3) is 0 Å². The highest BCUT2D eigenvalue weighted by molar-refractivity contribution is 5.95. The summed E-state index contributed by atoms with van der Waals surface area (Å²) in [6.07, 6.45) is 5.22. The first-order valence-corrected chi connectivity index (χ1v) is 13.3. The van der Waals surface area contributed by atoms with E-state index < -0.39 is 11.7 Å². The molecule has 2 amide bonds. The molecular weight excluding hydrogens is 487 g/mol. The van der Waals surface area contributed by atoms with Gasteiger partial charge in [0.1, 0.15) is 0 Å². The number of amides is 2. The number of hydrogen-bond donors (Lipinski definition) is 1. The summed E-state index contributed by atoms with van der Waals surface area (Å²) in [7, 11) is 1.39. The highest BCUT2D eigenvalue weighted by Crippen LogP contribution is 2.41. The molecule has 38 heavy (non-hydrogen) atoms. The number of halogens is 1. The van der Waals surface area contributed by atoms with Crippen LogP contribution in [0, 0.1) is 11.7 Å². The first-order chi connectivity index (χ1) is 18.5. The number of hydrogen-bond acceptors (Lipinski definition) is 6. The van der Waals surface area contributed by atoms with E-state index in [1.807, 2.05) is 30.3 Å². The SMILES string of the molecule is COc1ccc(C(=O)N2CCCCCCNC(=O)C3CC(c4nc(Cc5ccccc5)no4)CC32)cc1F. The van der Waals surface area contributed by atoms with Crippen LogP contribution in [0.1, 0.15) is 72.1 Å². The highest BCUT2D eigenvalue weighted by Gasteiger charge is 2.45. The lowest BCUT2D eigenvalue weighted by Gasteiger charge is -2.32. The molecule has 9 heteroatoms. The Kier molecular flexibility index (Phi) is 8.00. The van der Waals surface area contributed by atoms with Crippen LogP contribution >= 0.6 is 0 Å². The van der Waals surface area contributed by atoms with Crippen molar-refractivity contribution in [3.8, 4) is 5.75 Å². The quantitative estimate of drug-likeness (QED) is 0.532. The van der Waals surface area contributed by atoms with Crippen LogP contribution in [0.2, 0.25) is 0 Å². The molecule has 3 atom stereocenters. The van der Waals surface area contributed by atoms with Crippen molar-refractivity contribution in [1.82, 2.24) is 20.4 Å². The number of rotatable bonds is 5. The molecule has 0 bridgehead atoms. The van der Waals surface area contributed by atoms with Gasteiger partial charge in [-0.2, -0.15) is 4.98 Å². The molecule has 0 spiro atoms. The summed E-state index contributed by atoms with van der Waals surface area (Å²) in [6.45, 7) is 1.11. The van der Waals surface area contributed by atoms with Crippen LogP contribution in [0.15, 0.2) is 53.1 Å². The number of benzene rings is 2. The van der Waals surface area contributed by atoms with Crippen LogP contribution in [0.4, 0.5) is 4.39 Å². The molecule has 3 aromatic rings. The van der Waals surface area contributed by atoms with E-state index in [4.69, 9.17) is 9.26 Å². The lowest BCUT2D eigenvalue weighted by molar-refractivity contribution is -0.126. The van der Waals surface area contributed by atoms with Gasteiger partial charge in [0.05, 0.1) is 13.0 Å². The Morgan fingerprint density at radius 3 is 2.74 bits per heavy atom. The van der Waals surface area contributed by atoms with Crippen LogP contribution in [-0.4, -0.2) is 53.1 Å². The van der Waals surface area contributed by atoms with E-state index in [-0.39, 0.29) is 35.1 Å². The van der Waals surface area contributed by atoms with Gasteiger partial charge in [0, 0.05) is 37.0 Å². The zero-order valence-corrected chi connectivity index (χ0v) is 21.6. The highest BCUT2D eigenvalue weighted by atomic mass is 19.1. The third-order valence-electron chi connectivity index (χ3n) is 7.59. The molecule has 0 radical (unpaired) electrons. The molecule has 1 aliphatic heterocycles. The lowest BCUT2D eigenvalue weighted by Crippen LogP contribution is -2.47. The number of carbonyl (C=O) groups is 2. The molecule has 1 aromatic heterocycles. The van der Waals surface area contributed by atoms with Gasteiger partial charge in [0.2, 0.25) is 11.8 Å². The van der Waals surface area contributed by atoms with E-state index >= 15 is 0 Å². The van der Waals surface area contributed by atoms with Crippen molar-refractivity contribution in [2.75, 3.05) is 20.2 Å². The Morgan fingerprint density at radius 2 is 1.95 bits per heavy atom. The molecule has 2 aliphatic rings. The molecule has 1 N–H and O–H groups in total. The van der Waals surface area contributed by atoms with Crippen molar-refractivity contribution in [3.63, 3.8) is 0 Å². The fraction of sp³-hybridized carbons (Fsp3) is 0.448. The fourth-order valence-electron chi connectivity index (χ4n) is 5.61. The molecule has 8 nitrogen and oxygen atoms in total. The topological polar surface area (TPSA) is 97.6 Å². The minimum Gasteiger partial charge on any atom is -0.494 e. The Morgan fingerprint density at radius 1 is 1.13 bits per heavy atom. The first kappa shape index (κ1) is 25.9. The van der Waals surface area contributed by atoms with Gasteiger partial charge in [-0.05, 0) is 49.4 Å². The van der Waals surface area contributed by atoms with Crippen LogP contribution in [0.3, 0.4) is 0 Å². The van der Waals surface area contributed by atoms with Crippen LogP contribution in [-0.2, 0) is 11.2 Å². The van der Waals surface area contributed by atoms with E-state index in [9.17, 15) is 14.0 Å². The van der Waals surface area contributed by atoms with Crippen LogP contribution < -0.4 is 10.1 Å². The number of nitrogens with one attached hydrogen (secondary N) is 1. The Labute approximate surface area is 221 Å². The first-order valence-electron chi connectivity index (χ1n) is 13.3. The monoisotopic (exact) mass is 520 g/mol. The molecular formula is C29H33FN4O4. The van der Waals surface area contributed by atoms with Gasteiger partial charge < -0.3 is 19.5 Å². The van der Waals surface area contributed by atoms with Gasteiger partial charge in [-0.15, -0.1) is 0 Å². The molecule has 1 aliphatic carbocycles. The molecule has 2 aromatic carbocycles. The van der Waals surface area contributed by atoms with Crippen LogP contribution in [0.5, 0.6) is 5.75 Å². The average Bonchev–Trinajstić information content (AvgIpc) is 3.57. The number of aromatic nitrogens is 2. The van der Waals surface area contributed by atoms with E-state index in [0.717, 1.165) is 31.2 Å². The molecule has 1 saturated carbocycles. The van der Waals surface area contributed by atoms with E-state index in [2.05, 4.69) is 15.5 Å². The van der Waals surface area contributed by atoms with Gasteiger partial charge in [0.15, 0.2) is 17.4 Å². The second kappa shape index (κ2) is 11.8. The summed E-state index contributed by atoms with van der Waals surface area (Å²) in [4.78, 5) is 33.4. The third-order valence-corrected chi connectivity index (χ3v) is 7.59. The Hall–Kier alpha value is -3.75. The summed E-state index contributed by atoms with van der Waals surface area (Å²) < 4.78 is 25.2. The zero-order chi connectivity index (χ0) is 26.5. The fourth-order valence-corrected chi connectivity index (χ4v) is 5.61. The maximum absolute atomic E-state index is 14.5. The van der Waals surface area contributed by atoms with Gasteiger partial charge >= 0.3 is 0 Å². The van der Waals surface area contributed by atoms with Crippen molar-refractivity contribution >= 4 is 11.8 Å². The van der Waals surface area contributed by atoms with Crippen molar-refractivity contribution in [3.05, 3.63) is 77.2 Å².